The highest BCUT2D eigenvalue weighted by molar-refractivity contribution is 5.57. The smallest absolute Gasteiger partial charge is 0.231 e. The van der Waals surface area contributed by atoms with Gasteiger partial charge in [0.15, 0.2) is 11.5 Å². The van der Waals surface area contributed by atoms with Crippen molar-refractivity contribution >= 4 is 6.08 Å². The van der Waals surface area contributed by atoms with E-state index in [0.717, 1.165) is 35.7 Å². The fourth-order valence-corrected chi connectivity index (χ4v) is 3.23. The zero-order valence-corrected chi connectivity index (χ0v) is 13.9. The Morgan fingerprint density at radius 2 is 1.80 bits per heavy atom. The lowest BCUT2D eigenvalue weighted by molar-refractivity contribution is 0.0250. The van der Waals surface area contributed by atoms with E-state index in [9.17, 15) is 5.11 Å². The van der Waals surface area contributed by atoms with Crippen molar-refractivity contribution < 1.29 is 19.3 Å². The van der Waals surface area contributed by atoms with Gasteiger partial charge in [-0.2, -0.15) is 0 Å². The SMILES string of the molecule is Oc1ccccc1C(/C=C/c1ccc2c(c1)OCO2)N1CCOCC1. The molecule has 1 saturated heterocycles. The average Bonchev–Trinajstić information content (AvgIpc) is 3.12. The molecule has 1 fully saturated rings. The molecule has 1 unspecified atom stereocenters. The van der Waals surface area contributed by atoms with Gasteiger partial charge in [-0.05, 0) is 23.8 Å². The standard InChI is InChI=1S/C20H21NO4/c22-18-4-2-1-3-16(18)17(21-9-11-23-12-10-21)7-5-15-6-8-19-20(13-15)25-14-24-19/h1-8,13,17,22H,9-12,14H2/b7-5+. The summed E-state index contributed by atoms with van der Waals surface area (Å²) >= 11 is 0. The van der Waals surface area contributed by atoms with Gasteiger partial charge in [-0.3, -0.25) is 4.90 Å². The van der Waals surface area contributed by atoms with Gasteiger partial charge in [0.2, 0.25) is 6.79 Å². The molecule has 2 aliphatic rings. The summed E-state index contributed by atoms with van der Waals surface area (Å²) in [5, 5.41) is 10.3. The first-order valence-electron chi connectivity index (χ1n) is 8.49. The maximum absolute atomic E-state index is 10.3. The van der Waals surface area contributed by atoms with E-state index in [1.54, 1.807) is 6.07 Å². The van der Waals surface area contributed by atoms with Crippen LogP contribution in [0, 0.1) is 0 Å². The summed E-state index contributed by atoms with van der Waals surface area (Å²) < 4.78 is 16.3. The van der Waals surface area contributed by atoms with Crippen molar-refractivity contribution in [3.63, 3.8) is 0 Å². The van der Waals surface area contributed by atoms with Gasteiger partial charge >= 0.3 is 0 Å². The van der Waals surface area contributed by atoms with E-state index in [0.29, 0.717) is 19.0 Å². The van der Waals surface area contributed by atoms with Gasteiger partial charge < -0.3 is 19.3 Å². The van der Waals surface area contributed by atoms with Crippen LogP contribution >= 0.6 is 0 Å². The van der Waals surface area contributed by atoms with Crippen molar-refractivity contribution in [3.05, 3.63) is 59.7 Å². The Morgan fingerprint density at radius 3 is 2.64 bits per heavy atom. The van der Waals surface area contributed by atoms with E-state index in [4.69, 9.17) is 14.2 Å². The average molecular weight is 339 g/mol. The number of ether oxygens (including phenoxy) is 3. The lowest BCUT2D eigenvalue weighted by Crippen LogP contribution is -2.38. The van der Waals surface area contributed by atoms with Crippen LogP contribution < -0.4 is 9.47 Å². The fraction of sp³-hybridized carbons (Fsp3) is 0.300. The number of aromatic hydroxyl groups is 1. The molecule has 2 aromatic rings. The molecule has 2 aliphatic heterocycles. The van der Waals surface area contributed by atoms with Crippen LogP contribution in [0.3, 0.4) is 0 Å². The molecule has 25 heavy (non-hydrogen) atoms. The van der Waals surface area contributed by atoms with Crippen molar-refractivity contribution in [2.24, 2.45) is 0 Å². The van der Waals surface area contributed by atoms with E-state index < -0.39 is 0 Å². The van der Waals surface area contributed by atoms with Gasteiger partial charge in [0, 0.05) is 18.7 Å². The third kappa shape index (κ3) is 3.48. The number of hydrogen-bond donors (Lipinski definition) is 1. The summed E-state index contributed by atoms with van der Waals surface area (Å²) in [4.78, 5) is 2.32. The number of phenolic OH excluding ortho intramolecular Hbond substituents is 1. The van der Waals surface area contributed by atoms with Gasteiger partial charge in [0.25, 0.3) is 0 Å². The van der Waals surface area contributed by atoms with Crippen LogP contribution in [0.15, 0.2) is 48.5 Å². The van der Waals surface area contributed by atoms with Crippen LogP contribution in [-0.4, -0.2) is 43.1 Å². The molecule has 2 heterocycles. The van der Waals surface area contributed by atoms with Crippen molar-refractivity contribution in [3.8, 4) is 17.2 Å². The second kappa shape index (κ2) is 7.17. The second-order valence-corrected chi connectivity index (χ2v) is 6.12. The third-order valence-electron chi connectivity index (χ3n) is 4.56. The largest absolute Gasteiger partial charge is 0.508 e. The Labute approximate surface area is 147 Å². The lowest BCUT2D eigenvalue weighted by Gasteiger charge is -2.33. The van der Waals surface area contributed by atoms with Crippen LogP contribution in [0.2, 0.25) is 0 Å². The second-order valence-electron chi connectivity index (χ2n) is 6.12. The first kappa shape index (κ1) is 16.0. The van der Waals surface area contributed by atoms with Crippen molar-refractivity contribution in [2.45, 2.75) is 6.04 Å². The van der Waals surface area contributed by atoms with Crippen LogP contribution in [0.1, 0.15) is 17.2 Å². The molecule has 1 atom stereocenters. The molecule has 2 aromatic carbocycles. The first-order valence-corrected chi connectivity index (χ1v) is 8.49. The van der Waals surface area contributed by atoms with Crippen LogP contribution in [0.25, 0.3) is 6.08 Å². The minimum Gasteiger partial charge on any atom is -0.508 e. The number of benzene rings is 2. The molecule has 1 N–H and O–H groups in total. The van der Waals surface area contributed by atoms with Gasteiger partial charge in [0.05, 0.1) is 19.3 Å². The van der Waals surface area contributed by atoms with Crippen LogP contribution in [0.5, 0.6) is 17.2 Å². The predicted octanol–water partition coefficient (Wildman–Crippen LogP) is 3.21. The number of hydrogen-bond acceptors (Lipinski definition) is 5. The van der Waals surface area contributed by atoms with Crippen molar-refractivity contribution in [1.82, 2.24) is 4.90 Å². The Balaban J connectivity index is 1.62. The van der Waals surface area contributed by atoms with Gasteiger partial charge in [-0.15, -0.1) is 0 Å². The normalized spacial score (nSPS) is 18.6. The molecule has 0 spiro atoms. The molecule has 130 valence electrons. The molecular weight excluding hydrogens is 318 g/mol. The van der Waals surface area contributed by atoms with E-state index in [-0.39, 0.29) is 12.8 Å². The van der Waals surface area contributed by atoms with Crippen LogP contribution in [-0.2, 0) is 4.74 Å². The molecule has 5 nitrogen and oxygen atoms in total. The lowest BCUT2D eigenvalue weighted by atomic mass is 10.0. The molecule has 0 radical (unpaired) electrons. The molecule has 0 aromatic heterocycles. The van der Waals surface area contributed by atoms with E-state index in [2.05, 4.69) is 17.1 Å². The Morgan fingerprint density at radius 1 is 1.00 bits per heavy atom. The number of para-hydroxylation sites is 1. The molecule has 0 aliphatic carbocycles. The summed E-state index contributed by atoms with van der Waals surface area (Å²) in [7, 11) is 0. The van der Waals surface area contributed by atoms with Crippen LogP contribution in [0.4, 0.5) is 0 Å². The van der Waals surface area contributed by atoms with Crippen molar-refractivity contribution in [1.29, 1.82) is 0 Å². The highest BCUT2D eigenvalue weighted by atomic mass is 16.7. The van der Waals surface area contributed by atoms with Gasteiger partial charge in [-0.25, -0.2) is 0 Å². The number of phenols is 1. The summed E-state index contributed by atoms with van der Waals surface area (Å²) in [6, 6.07) is 13.4. The fourth-order valence-electron chi connectivity index (χ4n) is 3.23. The summed E-state index contributed by atoms with van der Waals surface area (Å²) in [5.74, 6) is 1.87. The van der Waals surface area contributed by atoms with Gasteiger partial charge in [-0.1, -0.05) is 36.4 Å². The summed E-state index contributed by atoms with van der Waals surface area (Å²) in [6.45, 7) is 3.37. The number of nitrogens with zero attached hydrogens (tertiary/aromatic N) is 1. The summed E-state index contributed by atoms with van der Waals surface area (Å²) in [6.07, 6.45) is 4.19. The maximum atomic E-state index is 10.3. The molecule has 0 amide bonds. The third-order valence-corrected chi connectivity index (χ3v) is 4.56. The topological polar surface area (TPSA) is 51.2 Å². The molecule has 4 rings (SSSR count). The molecular formula is C20H21NO4. The highest BCUT2D eigenvalue weighted by Gasteiger charge is 2.22. The minimum absolute atomic E-state index is 0.00415. The Kier molecular flexibility index (Phi) is 4.59. The monoisotopic (exact) mass is 339 g/mol. The van der Waals surface area contributed by atoms with E-state index in [1.807, 2.05) is 36.4 Å². The first-order chi connectivity index (χ1) is 12.3. The number of fused-ring (bicyclic) bond motifs is 1. The quantitative estimate of drug-likeness (QED) is 0.927. The predicted molar refractivity (Wildman–Crippen MR) is 94.8 cm³/mol. The zero-order chi connectivity index (χ0) is 17.1. The number of rotatable bonds is 4. The van der Waals surface area contributed by atoms with Crippen molar-refractivity contribution in [2.75, 3.05) is 33.1 Å². The molecule has 5 heteroatoms. The Hall–Kier alpha value is -2.50. The maximum Gasteiger partial charge on any atom is 0.231 e. The molecule has 0 saturated carbocycles. The van der Waals surface area contributed by atoms with E-state index in [1.165, 1.54) is 0 Å². The van der Waals surface area contributed by atoms with Gasteiger partial charge in [0.1, 0.15) is 5.75 Å². The number of morpholine rings is 1. The molecule has 0 bridgehead atoms. The highest BCUT2D eigenvalue weighted by Crippen LogP contribution is 2.34. The minimum atomic E-state index is -0.00415. The van der Waals surface area contributed by atoms with E-state index >= 15 is 0 Å². The zero-order valence-electron chi connectivity index (χ0n) is 13.9. The Bertz CT molecular complexity index is 768. The summed E-state index contributed by atoms with van der Waals surface area (Å²) in [5.41, 5.74) is 1.94.